The molecule has 2 amide bonds. The molecular formula is C21H23ClN2O3. The van der Waals surface area contributed by atoms with Gasteiger partial charge in [-0.25, -0.2) is 0 Å². The van der Waals surface area contributed by atoms with E-state index in [0.29, 0.717) is 48.0 Å². The Morgan fingerprint density at radius 2 is 1.78 bits per heavy atom. The lowest BCUT2D eigenvalue weighted by Crippen LogP contribution is -2.41. The zero-order valence-corrected chi connectivity index (χ0v) is 16.3. The minimum absolute atomic E-state index is 0.0223. The molecule has 3 rings (SSSR count). The molecule has 0 bridgehead atoms. The summed E-state index contributed by atoms with van der Waals surface area (Å²) in [4.78, 5) is 27.0. The number of rotatable bonds is 4. The number of ether oxygens (including phenoxy) is 1. The van der Waals surface area contributed by atoms with Crippen molar-refractivity contribution in [2.45, 2.75) is 19.8 Å². The number of amides is 2. The number of carbonyl (C=O) groups is 2. The lowest BCUT2D eigenvalue weighted by molar-refractivity contribution is -0.121. The number of benzene rings is 2. The highest BCUT2D eigenvalue weighted by molar-refractivity contribution is 6.30. The topological polar surface area (TPSA) is 58.6 Å². The fraction of sp³-hybridized carbons (Fsp3) is 0.333. The molecule has 1 heterocycles. The Balaban J connectivity index is 1.59. The van der Waals surface area contributed by atoms with Gasteiger partial charge in [0.1, 0.15) is 5.75 Å². The van der Waals surface area contributed by atoms with Gasteiger partial charge < -0.3 is 15.0 Å². The van der Waals surface area contributed by atoms with Gasteiger partial charge in [-0.1, -0.05) is 17.7 Å². The molecular weight excluding hydrogens is 364 g/mol. The van der Waals surface area contributed by atoms with Gasteiger partial charge in [0.15, 0.2) is 0 Å². The van der Waals surface area contributed by atoms with Crippen molar-refractivity contribution in [1.29, 1.82) is 0 Å². The number of methoxy groups -OCH3 is 1. The SMILES string of the molecule is COc1ccc(C)cc1NC(=O)C1CCN(C(=O)c2ccc(Cl)cc2)CC1. The lowest BCUT2D eigenvalue weighted by atomic mass is 9.95. The van der Waals surface area contributed by atoms with Gasteiger partial charge in [-0.15, -0.1) is 0 Å². The first-order valence-electron chi connectivity index (χ1n) is 8.98. The van der Waals surface area contributed by atoms with Crippen molar-refractivity contribution < 1.29 is 14.3 Å². The Morgan fingerprint density at radius 3 is 2.41 bits per heavy atom. The number of likely N-dealkylation sites (tertiary alicyclic amines) is 1. The molecule has 1 fully saturated rings. The number of anilines is 1. The van der Waals surface area contributed by atoms with Gasteiger partial charge in [0, 0.05) is 29.6 Å². The van der Waals surface area contributed by atoms with Gasteiger partial charge >= 0.3 is 0 Å². The smallest absolute Gasteiger partial charge is 0.253 e. The van der Waals surface area contributed by atoms with Crippen LogP contribution in [0.15, 0.2) is 42.5 Å². The van der Waals surface area contributed by atoms with Crippen molar-refractivity contribution in [3.63, 3.8) is 0 Å². The summed E-state index contributed by atoms with van der Waals surface area (Å²) in [7, 11) is 1.58. The number of hydrogen-bond donors (Lipinski definition) is 1. The van der Waals surface area contributed by atoms with Crippen LogP contribution in [-0.2, 0) is 4.79 Å². The van der Waals surface area contributed by atoms with E-state index < -0.39 is 0 Å². The molecule has 0 unspecified atom stereocenters. The van der Waals surface area contributed by atoms with Crippen LogP contribution in [0.4, 0.5) is 5.69 Å². The molecule has 27 heavy (non-hydrogen) atoms. The van der Waals surface area contributed by atoms with E-state index in [1.54, 1.807) is 36.3 Å². The second-order valence-corrected chi connectivity index (χ2v) is 7.20. The molecule has 5 nitrogen and oxygen atoms in total. The zero-order chi connectivity index (χ0) is 19.4. The van der Waals surface area contributed by atoms with Crippen molar-refractivity contribution in [1.82, 2.24) is 4.90 Å². The van der Waals surface area contributed by atoms with Crippen molar-refractivity contribution in [3.8, 4) is 5.75 Å². The largest absolute Gasteiger partial charge is 0.495 e. The van der Waals surface area contributed by atoms with Crippen LogP contribution in [-0.4, -0.2) is 36.9 Å². The van der Waals surface area contributed by atoms with E-state index in [1.807, 2.05) is 25.1 Å². The third-order valence-corrected chi connectivity index (χ3v) is 5.11. The summed E-state index contributed by atoms with van der Waals surface area (Å²) in [5, 5.41) is 3.58. The molecule has 0 atom stereocenters. The lowest BCUT2D eigenvalue weighted by Gasteiger charge is -2.31. The zero-order valence-electron chi connectivity index (χ0n) is 15.5. The maximum absolute atomic E-state index is 12.6. The highest BCUT2D eigenvalue weighted by Crippen LogP contribution is 2.27. The molecule has 0 aliphatic carbocycles. The summed E-state index contributed by atoms with van der Waals surface area (Å²) < 4.78 is 5.32. The number of aryl methyl sites for hydroxylation is 1. The van der Waals surface area contributed by atoms with Crippen molar-refractivity contribution >= 4 is 29.1 Å². The van der Waals surface area contributed by atoms with Crippen LogP contribution >= 0.6 is 11.6 Å². The predicted molar refractivity (Wildman–Crippen MR) is 106 cm³/mol. The van der Waals surface area contributed by atoms with Gasteiger partial charge in [0.2, 0.25) is 5.91 Å². The fourth-order valence-electron chi connectivity index (χ4n) is 3.27. The van der Waals surface area contributed by atoms with Crippen LogP contribution in [0, 0.1) is 12.8 Å². The maximum atomic E-state index is 12.6. The van der Waals surface area contributed by atoms with Crippen LogP contribution in [0.2, 0.25) is 5.02 Å². The molecule has 1 aliphatic rings. The molecule has 2 aromatic carbocycles. The van der Waals surface area contributed by atoms with Crippen LogP contribution in [0.3, 0.4) is 0 Å². The van der Waals surface area contributed by atoms with Crippen molar-refractivity contribution in [2.75, 3.05) is 25.5 Å². The summed E-state index contributed by atoms with van der Waals surface area (Å²) in [6, 6.07) is 12.6. The van der Waals surface area contributed by atoms with Gasteiger partial charge in [-0.3, -0.25) is 9.59 Å². The Morgan fingerprint density at radius 1 is 1.11 bits per heavy atom. The number of nitrogens with zero attached hydrogens (tertiary/aromatic N) is 1. The highest BCUT2D eigenvalue weighted by atomic mass is 35.5. The molecule has 6 heteroatoms. The van der Waals surface area contributed by atoms with Crippen LogP contribution in [0.1, 0.15) is 28.8 Å². The van der Waals surface area contributed by atoms with E-state index in [2.05, 4.69) is 5.32 Å². The van der Waals surface area contributed by atoms with Gasteiger partial charge in [-0.05, 0) is 61.7 Å². The Hall–Kier alpha value is -2.53. The molecule has 0 radical (unpaired) electrons. The summed E-state index contributed by atoms with van der Waals surface area (Å²) in [6.45, 7) is 3.09. The fourth-order valence-corrected chi connectivity index (χ4v) is 3.40. The molecule has 1 aliphatic heterocycles. The highest BCUT2D eigenvalue weighted by Gasteiger charge is 2.28. The van der Waals surface area contributed by atoms with Crippen LogP contribution in [0.5, 0.6) is 5.75 Å². The van der Waals surface area contributed by atoms with Gasteiger partial charge in [0.05, 0.1) is 12.8 Å². The minimum atomic E-state index is -0.121. The predicted octanol–water partition coefficient (Wildman–Crippen LogP) is 4.15. The third-order valence-electron chi connectivity index (χ3n) is 4.86. The second-order valence-electron chi connectivity index (χ2n) is 6.77. The van der Waals surface area contributed by atoms with E-state index in [0.717, 1.165) is 5.56 Å². The number of piperidine rings is 1. The quantitative estimate of drug-likeness (QED) is 0.858. The number of nitrogens with one attached hydrogen (secondary N) is 1. The monoisotopic (exact) mass is 386 g/mol. The molecule has 0 saturated carbocycles. The first kappa shape index (κ1) is 19.2. The number of carbonyl (C=O) groups excluding carboxylic acids is 2. The summed E-state index contributed by atoms with van der Waals surface area (Å²) in [6.07, 6.45) is 1.28. The molecule has 0 spiro atoms. The maximum Gasteiger partial charge on any atom is 0.253 e. The Labute approximate surface area is 164 Å². The van der Waals surface area contributed by atoms with Crippen LogP contribution < -0.4 is 10.1 Å². The Kier molecular flexibility index (Phi) is 6.01. The van der Waals surface area contributed by atoms with E-state index in [4.69, 9.17) is 16.3 Å². The third kappa shape index (κ3) is 4.61. The summed E-state index contributed by atoms with van der Waals surface area (Å²) >= 11 is 5.88. The van der Waals surface area contributed by atoms with Crippen molar-refractivity contribution in [3.05, 3.63) is 58.6 Å². The van der Waals surface area contributed by atoms with Crippen LogP contribution in [0.25, 0.3) is 0 Å². The first-order valence-corrected chi connectivity index (χ1v) is 9.36. The summed E-state index contributed by atoms with van der Waals surface area (Å²) in [5.74, 6) is 0.470. The van der Waals surface area contributed by atoms with E-state index in [1.165, 1.54) is 0 Å². The van der Waals surface area contributed by atoms with Crippen molar-refractivity contribution in [2.24, 2.45) is 5.92 Å². The molecule has 0 aromatic heterocycles. The van der Waals surface area contributed by atoms with E-state index >= 15 is 0 Å². The normalized spacial score (nSPS) is 14.7. The first-order chi connectivity index (χ1) is 13.0. The van der Waals surface area contributed by atoms with Gasteiger partial charge in [0.25, 0.3) is 5.91 Å². The van der Waals surface area contributed by atoms with E-state index in [-0.39, 0.29) is 17.7 Å². The Bertz CT molecular complexity index is 828. The molecule has 1 saturated heterocycles. The van der Waals surface area contributed by atoms with E-state index in [9.17, 15) is 9.59 Å². The average Bonchev–Trinajstić information content (AvgIpc) is 2.68. The minimum Gasteiger partial charge on any atom is -0.495 e. The summed E-state index contributed by atoms with van der Waals surface area (Å²) in [5.41, 5.74) is 2.35. The number of hydrogen-bond acceptors (Lipinski definition) is 3. The molecule has 1 N–H and O–H groups in total. The molecule has 2 aromatic rings. The second kappa shape index (κ2) is 8.44. The van der Waals surface area contributed by atoms with Gasteiger partial charge in [-0.2, -0.15) is 0 Å². The molecule has 142 valence electrons. The average molecular weight is 387 g/mol. The standard InChI is InChI=1S/C21H23ClN2O3/c1-14-3-8-19(27-2)18(13-14)23-20(25)15-9-11-24(12-10-15)21(26)16-4-6-17(22)7-5-16/h3-8,13,15H,9-12H2,1-2H3,(H,23,25). The number of halogens is 1.